The summed E-state index contributed by atoms with van der Waals surface area (Å²) in [6.07, 6.45) is 0. The molecule has 0 aromatic rings. The molecule has 2 heteroatoms. The topological polar surface area (TPSA) is 15.3 Å². The van der Waals surface area contributed by atoms with Crippen LogP contribution in [0.5, 0.6) is 0 Å². The van der Waals surface area contributed by atoms with Crippen molar-refractivity contribution in [2.45, 2.75) is 92.5 Å². The van der Waals surface area contributed by atoms with Crippen LogP contribution in [-0.2, 0) is 0 Å². The lowest BCUT2D eigenvalue weighted by Gasteiger charge is -2.55. The minimum Gasteiger partial charge on any atom is -0.308 e. The maximum Gasteiger partial charge on any atom is 0.0281 e. The molecule has 4 unspecified atom stereocenters. The average Bonchev–Trinajstić information content (AvgIpc) is 2.26. The average molecular weight is 268 g/mol. The largest absolute Gasteiger partial charge is 0.308 e. The molecule has 114 valence electrons. The third-order valence-electron chi connectivity index (χ3n) is 4.80. The van der Waals surface area contributed by atoms with E-state index in [2.05, 4.69) is 72.5 Å². The third kappa shape index (κ3) is 3.52. The second-order valence-electron chi connectivity index (χ2n) is 7.72. The Hall–Kier alpha value is -0.0800. The molecule has 0 saturated carbocycles. The van der Waals surface area contributed by atoms with Gasteiger partial charge in [-0.3, -0.25) is 4.90 Å². The first-order valence-corrected chi connectivity index (χ1v) is 8.21. The van der Waals surface area contributed by atoms with Crippen LogP contribution in [0.4, 0.5) is 0 Å². The summed E-state index contributed by atoms with van der Waals surface area (Å²) in [5, 5.41) is 3.98. The monoisotopic (exact) mass is 268 g/mol. The number of hydrogen-bond acceptors (Lipinski definition) is 2. The molecule has 1 heterocycles. The van der Waals surface area contributed by atoms with Gasteiger partial charge in [0, 0.05) is 30.2 Å². The zero-order valence-corrected chi connectivity index (χ0v) is 14.6. The molecule has 0 bridgehead atoms. The molecule has 0 aliphatic carbocycles. The molecule has 0 aromatic heterocycles. The minimum absolute atomic E-state index is 0.602. The van der Waals surface area contributed by atoms with Gasteiger partial charge < -0.3 is 5.32 Å². The van der Waals surface area contributed by atoms with Crippen LogP contribution in [0.2, 0.25) is 0 Å². The Balaban J connectivity index is 3.11. The molecule has 1 N–H and O–H groups in total. The molecule has 4 atom stereocenters. The van der Waals surface area contributed by atoms with Gasteiger partial charge in [0.05, 0.1) is 0 Å². The Labute approximate surface area is 121 Å². The van der Waals surface area contributed by atoms with E-state index in [-0.39, 0.29) is 0 Å². The lowest BCUT2D eigenvalue weighted by molar-refractivity contribution is -0.0301. The molecule has 0 spiro atoms. The zero-order chi connectivity index (χ0) is 14.9. The number of nitrogens with one attached hydrogen (secondary N) is 1. The van der Waals surface area contributed by atoms with Gasteiger partial charge in [0.15, 0.2) is 0 Å². The van der Waals surface area contributed by atoms with Crippen LogP contribution in [0.3, 0.4) is 0 Å². The summed E-state index contributed by atoms with van der Waals surface area (Å²) in [4.78, 5) is 2.77. The quantitative estimate of drug-likeness (QED) is 0.835. The fourth-order valence-corrected chi connectivity index (χ4v) is 4.01. The van der Waals surface area contributed by atoms with Gasteiger partial charge in [-0.05, 0) is 38.5 Å². The highest BCUT2D eigenvalue weighted by Gasteiger charge is 2.44. The van der Waals surface area contributed by atoms with E-state index in [1.807, 2.05) is 0 Å². The maximum absolute atomic E-state index is 3.98. The molecular weight excluding hydrogens is 232 g/mol. The maximum atomic E-state index is 3.98. The van der Waals surface area contributed by atoms with Crippen LogP contribution in [-0.4, -0.2) is 35.1 Å². The fourth-order valence-electron chi connectivity index (χ4n) is 4.01. The molecule has 1 aliphatic heterocycles. The minimum atomic E-state index is 0.602. The van der Waals surface area contributed by atoms with Crippen molar-refractivity contribution in [1.29, 1.82) is 0 Å². The third-order valence-corrected chi connectivity index (χ3v) is 4.80. The van der Waals surface area contributed by atoms with Crippen LogP contribution in [0.1, 0.15) is 62.3 Å². The Bertz CT molecular complexity index is 270. The molecule has 1 rings (SSSR count). The van der Waals surface area contributed by atoms with E-state index in [9.17, 15) is 0 Å². The summed E-state index contributed by atoms with van der Waals surface area (Å²) in [7, 11) is 0. The molecule has 1 saturated heterocycles. The first-order valence-electron chi connectivity index (χ1n) is 8.21. The smallest absolute Gasteiger partial charge is 0.0281 e. The molecule has 2 nitrogen and oxygen atoms in total. The highest BCUT2D eigenvalue weighted by atomic mass is 15.3. The zero-order valence-electron chi connectivity index (χ0n) is 14.6. The Morgan fingerprint density at radius 3 is 1.53 bits per heavy atom. The Morgan fingerprint density at radius 2 is 1.21 bits per heavy atom. The number of rotatable bonds is 4. The summed E-state index contributed by atoms with van der Waals surface area (Å²) in [6.45, 7) is 21.3. The number of hydrogen-bond donors (Lipinski definition) is 1. The second kappa shape index (κ2) is 6.58. The molecule has 0 radical (unpaired) electrons. The molecule has 0 aromatic carbocycles. The molecule has 1 aliphatic rings. The lowest BCUT2D eigenvalue weighted by Crippen LogP contribution is -2.71. The van der Waals surface area contributed by atoms with Crippen molar-refractivity contribution in [1.82, 2.24) is 10.2 Å². The van der Waals surface area contributed by atoms with Gasteiger partial charge in [-0.2, -0.15) is 0 Å². The fraction of sp³-hybridized carbons (Fsp3) is 1.00. The van der Waals surface area contributed by atoms with E-state index in [1.54, 1.807) is 0 Å². The van der Waals surface area contributed by atoms with Gasteiger partial charge in [0.2, 0.25) is 0 Å². The van der Waals surface area contributed by atoms with Gasteiger partial charge in [-0.15, -0.1) is 0 Å². The molecule has 19 heavy (non-hydrogen) atoms. The van der Waals surface area contributed by atoms with Crippen LogP contribution < -0.4 is 5.32 Å². The SMILES string of the molecule is CC(C)C1NC(C(C)C)C(C(C)C)N(C(C)C)C1C. The standard InChI is InChI=1S/C17H36N2/c1-10(2)15-14(9)19(13(7)8)17(12(5)6)16(18-15)11(3)4/h10-18H,1-9H3. The summed E-state index contributed by atoms with van der Waals surface area (Å²) < 4.78 is 0. The van der Waals surface area contributed by atoms with E-state index in [1.165, 1.54) is 0 Å². The van der Waals surface area contributed by atoms with Crippen molar-refractivity contribution in [2.24, 2.45) is 17.8 Å². The van der Waals surface area contributed by atoms with Crippen LogP contribution in [0.25, 0.3) is 0 Å². The Kier molecular flexibility index (Phi) is 5.88. The van der Waals surface area contributed by atoms with Gasteiger partial charge >= 0.3 is 0 Å². The molecule has 0 amide bonds. The van der Waals surface area contributed by atoms with E-state index in [0.29, 0.717) is 48.0 Å². The van der Waals surface area contributed by atoms with Crippen molar-refractivity contribution in [2.75, 3.05) is 0 Å². The highest BCUT2D eigenvalue weighted by Crippen LogP contribution is 2.32. The summed E-state index contributed by atoms with van der Waals surface area (Å²) in [5.74, 6) is 2.06. The molecule has 1 fully saturated rings. The Morgan fingerprint density at radius 1 is 0.737 bits per heavy atom. The number of nitrogens with zero attached hydrogens (tertiary/aromatic N) is 1. The first-order chi connectivity index (χ1) is 8.68. The van der Waals surface area contributed by atoms with Gasteiger partial charge in [-0.1, -0.05) is 41.5 Å². The van der Waals surface area contributed by atoms with Gasteiger partial charge in [-0.25, -0.2) is 0 Å². The highest BCUT2D eigenvalue weighted by molar-refractivity contribution is 5.02. The first kappa shape index (κ1) is 17.0. The van der Waals surface area contributed by atoms with Crippen molar-refractivity contribution in [3.8, 4) is 0 Å². The van der Waals surface area contributed by atoms with Crippen LogP contribution in [0, 0.1) is 17.8 Å². The van der Waals surface area contributed by atoms with E-state index in [0.717, 1.165) is 0 Å². The summed E-state index contributed by atoms with van der Waals surface area (Å²) in [6, 6.07) is 3.08. The van der Waals surface area contributed by atoms with E-state index in [4.69, 9.17) is 0 Å². The number of piperazine rings is 1. The van der Waals surface area contributed by atoms with Crippen molar-refractivity contribution >= 4 is 0 Å². The summed E-state index contributed by atoms with van der Waals surface area (Å²) >= 11 is 0. The normalized spacial score (nSPS) is 33.9. The van der Waals surface area contributed by atoms with E-state index < -0.39 is 0 Å². The predicted molar refractivity (Wildman–Crippen MR) is 85.5 cm³/mol. The summed E-state index contributed by atoms with van der Waals surface area (Å²) in [5.41, 5.74) is 0. The van der Waals surface area contributed by atoms with Crippen LogP contribution >= 0.6 is 0 Å². The van der Waals surface area contributed by atoms with Crippen molar-refractivity contribution in [3.63, 3.8) is 0 Å². The van der Waals surface area contributed by atoms with Gasteiger partial charge in [0.25, 0.3) is 0 Å². The van der Waals surface area contributed by atoms with Crippen LogP contribution in [0.15, 0.2) is 0 Å². The second-order valence-corrected chi connectivity index (χ2v) is 7.72. The van der Waals surface area contributed by atoms with Gasteiger partial charge in [0.1, 0.15) is 0 Å². The molecular formula is C17H36N2. The van der Waals surface area contributed by atoms with Crippen molar-refractivity contribution < 1.29 is 0 Å². The predicted octanol–water partition coefficient (Wildman–Crippen LogP) is 3.76. The van der Waals surface area contributed by atoms with E-state index >= 15 is 0 Å². The van der Waals surface area contributed by atoms with Crippen molar-refractivity contribution in [3.05, 3.63) is 0 Å². The lowest BCUT2D eigenvalue weighted by atomic mass is 9.79.